The molecule has 0 spiro atoms. The van der Waals surface area contributed by atoms with Crippen LogP contribution in [0, 0.1) is 24.0 Å². The number of nitro benzene ring substituents is 1. The van der Waals surface area contributed by atoms with Gasteiger partial charge in [-0.15, -0.1) is 11.6 Å². The van der Waals surface area contributed by atoms with Crippen molar-refractivity contribution in [2.24, 2.45) is 0 Å². The molecule has 2 rings (SSSR count). The molecule has 1 heterocycles. The second-order valence-corrected chi connectivity index (χ2v) is 4.33. The summed E-state index contributed by atoms with van der Waals surface area (Å²) in [7, 11) is 0. The van der Waals surface area contributed by atoms with Crippen LogP contribution in [0.5, 0.6) is 0 Å². The van der Waals surface area contributed by atoms with E-state index < -0.39 is 4.92 Å². The van der Waals surface area contributed by atoms with Crippen LogP contribution < -0.4 is 0 Å². The Hall–Kier alpha value is -1.88. The predicted molar refractivity (Wildman–Crippen MR) is 69.2 cm³/mol. The van der Waals surface area contributed by atoms with E-state index in [9.17, 15) is 10.1 Å². The van der Waals surface area contributed by atoms with E-state index in [1.807, 2.05) is 13.8 Å². The third kappa shape index (κ3) is 2.22. The standard InChI is InChI=1S/C12H12ClN3O2/c1-8-5-11(12(16(17)18)6-9(8)2)15-4-3-10(7-13)14-15/h3-6H,7H2,1-2H3. The summed E-state index contributed by atoms with van der Waals surface area (Å²) < 4.78 is 1.49. The molecule has 0 aliphatic carbocycles. The monoisotopic (exact) mass is 265 g/mol. The minimum atomic E-state index is -0.399. The highest BCUT2D eigenvalue weighted by Crippen LogP contribution is 2.26. The number of nitro groups is 1. The van der Waals surface area contributed by atoms with Crippen molar-refractivity contribution in [2.45, 2.75) is 19.7 Å². The van der Waals surface area contributed by atoms with Crippen molar-refractivity contribution in [2.75, 3.05) is 0 Å². The van der Waals surface area contributed by atoms with Gasteiger partial charge in [-0.1, -0.05) is 0 Å². The van der Waals surface area contributed by atoms with E-state index in [0.717, 1.165) is 11.1 Å². The van der Waals surface area contributed by atoms with Gasteiger partial charge in [-0.25, -0.2) is 4.68 Å². The van der Waals surface area contributed by atoms with E-state index in [2.05, 4.69) is 5.10 Å². The number of hydrogen-bond donors (Lipinski definition) is 0. The first-order valence-corrected chi connectivity index (χ1v) is 5.93. The molecular formula is C12H12ClN3O2. The zero-order chi connectivity index (χ0) is 13.3. The van der Waals surface area contributed by atoms with Gasteiger partial charge >= 0.3 is 0 Å². The molecule has 0 saturated carbocycles. The maximum absolute atomic E-state index is 11.1. The predicted octanol–water partition coefficient (Wildman–Crippen LogP) is 3.14. The SMILES string of the molecule is Cc1cc(-n2ccc(CCl)n2)c([N+](=O)[O-])cc1C. The van der Waals surface area contributed by atoms with E-state index >= 15 is 0 Å². The molecule has 2 aromatic rings. The van der Waals surface area contributed by atoms with Crippen molar-refractivity contribution in [3.8, 4) is 5.69 Å². The second kappa shape index (κ2) is 4.78. The number of alkyl halides is 1. The lowest BCUT2D eigenvalue weighted by atomic mass is 10.1. The van der Waals surface area contributed by atoms with Crippen molar-refractivity contribution in [1.29, 1.82) is 0 Å². The van der Waals surface area contributed by atoms with Gasteiger partial charge in [0.05, 0.1) is 16.5 Å². The van der Waals surface area contributed by atoms with Crippen LogP contribution >= 0.6 is 11.6 Å². The summed E-state index contributed by atoms with van der Waals surface area (Å²) in [6.07, 6.45) is 1.68. The molecule has 0 radical (unpaired) electrons. The van der Waals surface area contributed by atoms with Crippen LogP contribution in [0.2, 0.25) is 0 Å². The van der Waals surface area contributed by atoms with E-state index in [4.69, 9.17) is 11.6 Å². The molecule has 0 fully saturated rings. The molecule has 0 bridgehead atoms. The summed E-state index contributed by atoms with van der Waals surface area (Å²) in [6, 6.07) is 5.07. The maximum Gasteiger partial charge on any atom is 0.295 e. The summed E-state index contributed by atoms with van der Waals surface area (Å²) in [5.74, 6) is 0.283. The smallest absolute Gasteiger partial charge is 0.258 e. The molecule has 0 saturated heterocycles. The second-order valence-electron chi connectivity index (χ2n) is 4.07. The summed E-state index contributed by atoms with van der Waals surface area (Å²) in [5, 5.41) is 15.3. The van der Waals surface area contributed by atoms with Crippen LogP contribution in [0.1, 0.15) is 16.8 Å². The van der Waals surface area contributed by atoms with Crippen LogP contribution in [0.3, 0.4) is 0 Å². The fourth-order valence-electron chi connectivity index (χ4n) is 1.68. The topological polar surface area (TPSA) is 61.0 Å². The van der Waals surface area contributed by atoms with Gasteiger partial charge in [-0.3, -0.25) is 10.1 Å². The summed E-state index contributed by atoms with van der Waals surface area (Å²) in [5.41, 5.74) is 3.06. The Kier molecular flexibility index (Phi) is 3.34. The molecule has 5 nitrogen and oxygen atoms in total. The van der Waals surface area contributed by atoms with E-state index in [1.165, 1.54) is 4.68 Å². The molecule has 0 unspecified atom stereocenters. The van der Waals surface area contributed by atoms with Crippen LogP contribution in [0.4, 0.5) is 5.69 Å². The molecule has 18 heavy (non-hydrogen) atoms. The van der Waals surface area contributed by atoms with Crippen molar-refractivity contribution in [1.82, 2.24) is 9.78 Å². The zero-order valence-electron chi connectivity index (χ0n) is 10.1. The van der Waals surface area contributed by atoms with Crippen LogP contribution in [-0.2, 0) is 5.88 Å². The summed E-state index contributed by atoms with van der Waals surface area (Å²) in [4.78, 5) is 10.7. The number of aryl methyl sites for hydroxylation is 2. The lowest BCUT2D eigenvalue weighted by Gasteiger charge is -2.06. The highest BCUT2D eigenvalue weighted by Gasteiger charge is 2.17. The summed E-state index contributed by atoms with van der Waals surface area (Å²) >= 11 is 5.68. The van der Waals surface area contributed by atoms with E-state index in [1.54, 1.807) is 24.4 Å². The molecule has 0 atom stereocenters. The molecule has 0 N–H and O–H groups in total. The van der Waals surface area contributed by atoms with Crippen molar-refractivity contribution >= 4 is 17.3 Å². The van der Waals surface area contributed by atoms with Gasteiger partial charge in [0.15, 0.2) is 0 Å². The van der Waals surface area contributed by atoms with Gasteiger partial charge in [0.25, 0.3) is 5.69 Å². The van der Waals surface area contributed by atoms with E-state index in [-0.39, 0.29) is 11.6 Å². The number of rotatable bonds is 3. The van der Waals surface area contributed by atoms with Crippen molar-refractivity contribution in [3.63, 3.8) is 0 Å². The highest BCUT2D eigenvalue weighted by atomic mass is 35.5. The normalized spacial score (nSPS) is 10.6. The first-order chi connectivity index (χ1) is 8.52. The van der Waals surface area contributed by atoms with Crippen LogP contribution in [-0.4, -0.2) is 14.7 Å². The molecule has 0 aliphatic heterocycles. The fourth-order valence-corrected chi connectivity index (χ4v) is 1.83. The van der Waals surface area contributed by atoms with Crippen molar-refractivity contribution < 1.29 is 4.92 Å². The third-order valence-electron chi connectivity index (χ3n) is 2.82. The van der Waals surface area contributed by atoms with Crippen molar-refractivity contribution in [3.05, 3.63) is 51.3 Å². The number of nitrogens with zero attached hydrogens (tertiary/aromatic N) is 3. The minimum Gasteiger partial charge on any atom is -0.258 e. The Balaban J connectivity index is 2.61. The number of aromatic nitrogens is 2. The molecule has 1 aromatic carbocycles. The zero-order valence-corrected chi connectivity index (χ0v) is 10.8. The Morgan fingerprint density at radius 3 is 2.61 bits per heavy atom. The number of hydrogen-bond acceptors (Lipinski definition) is 3. The Morgan fingerprint density at radius 2 is 2.06 bits per heavy atom. The quantitative estimate of drug-likeness (QED) is 0.487. The molecule has 1 aromatic heterocycles. The highest BCUT2D eigenvalue weighted by molar-refractivity contribution is 6.16. The van der Waals surface area contributed by atoms with Gasteiger partial charge < -0.3 is 0 Å². The van der Waals surface area contributed by atoms with Gasteiger partial charge in [0, 0.05) is 12.3 Å². The van der Waals surface area contributed by atoms with E-state index in [0.29, 0.717) is 11.4 Å². The number of benzene rings is 1. The Morgan fingerprint density at radius 1 is 1.39 bits per heavy atom. The van der Waals surface area contributed by atoms with Crippen LogP contribution in [0.15, 0.2) is 24.4 Å². The minimum absolute atomic E-state index is 0.0438. The first-order valence-electron chi connectivity index (χ1n) is 5.39. The molecular weight excluding hydrogens is 254 g/mol. The van der Waals surface area contributed by atoms with Gasteiger partial charge in [-0.05, 0) is 37.1 Å². The molecule has 0 amide bonds. The lowest BCUT2D eigenvalue weighted by Crippen LogP contribution is -2.03. The summed E-state index contributed by atoms with van der Waals surface area (Å²) in [6.45, 7) is 3.76. The molecule has 6 heteroatoms. The van der Waals surface area contributed by atoms with Gasteiger partial charge in [0.1, 0.15) is 5.69 Å². The van der Waals surface area contributed by atoms with Crippen LogP contribution in [0.25, 0.3) is 5.69 Å². The third-order valence-corrected chi connectivity index (χ3v) is 3.09. The Labute approximate surface area is 109 Å². The average Bonchev–Trinajstić information content (AvgIpc) is 2.80. The number of halogens is 1. The van der Waals surface area contributed by atoms with Gasteiger partial charge in [0.2, 0.25) is 0 Å². The Bertz CT molecular complexity index is 607. The maximum atomic E-state index is 11.1. The first kappa shape index (κ1) is 12.6. The molecule has 0 aliphatic rings. The average molecular weight is 266 g/mol. The largest absolute Gasteiger partial charge is 0.295 e. The molecule has 94 valence electrons. The van der Waals surface area contributed by atoms with Gasteiger partial charge in [-0.2, -0.15) is 5.10 Å². The fraction of sp³-hybridized carbons (Fsp3) is 0.250. The lowest BCUT2D eigenvalue weighted by molar-refractivity contribution is -0.384.